The van der Waals surface area contributed by atoms with Crippen LogP contribution in [0.2, 0.25) is 0 Å². The molecule has 3 aromatic rings. The lowest BCUT2D eigenvalue weighted by molar-refractivity contribution is 0.0998. The molecule has 0 saturated carbocycles. The minimum Gasteiger partial charge on any atom is -0.451 e. The molecule has 0 radical (unpaired) electrons. The number of hydrogen-bond acceptors (Lipinski definition) is 3. The lowest BCUT2D eigenvalue weighted by Gasteiger charge is -2.04. The Morgan fingerprint density at radius 2 is 2.05 bits per heavy atom. The van der Waals surface area contributed by atoms with Gasteiger partial charge in [-0.2, -0.15) is 0 Å². The first-order chi connectivity index (χ1) is 9.63. The second-order valence-corrected chi connectivity index (χ2v) is 5.22. The third-order valence-electron chi connectivity index (χ3n) is 2.91. The van der Waals surface area contributed by atoms with Gasteiger partial charge in [-0.3, -0.25) is 4.79 Å². The van der Waals surface area contributed by atoms with Crippen molar-refractivity contribution in [1.82, 2.24) is 4.98 Å². The molecule has 0 aliphatic heterocycles. The Labute approximate surface area is 123 Å². The molecule has 100 valence electrons. The molecule has 2 heterocycles. The maximum absolute atomic E-state index is 12.1. The Hall–Kier alpha value is -2.14. The second kappa shape index (κ2) is 5.09. The third kappa shape index (κ3) is 2.44. The van der Waals surface area contributed by atoms with Crippen LogP contribution in [0.25, 0.3) is 11.0 Å². The van der Waals surface area contributed by atoms with Crippen LogP contribution in [-0.2, 0) is 0 Å². The minimum absolute atomic E-state index is 0.272. The lowest BCUT2D eigenvalue weighted by Crippen LogP contribution is -2.12. The normalized spacial score (nSPS) is 10.7. The average molecular weight is 331 g/mol. The van der Waals surface area contributed by atoms with E-state index < -0.39 is 0 Å². The number of nitrogens with one attached hydrogen (secondary N) is 1. The molecule has 0 atom stereocenters. The van der Waals surface area contributed by atoms with Gasteiger partial charge in [-0.05, 0) is 47.1 Å². The van der Waals surface area contributed by atoms with Crippen LogP contribution in [0.1, 0.15) is 16.2 Å². The van der Waals surface area contributed by atoms with Crippen molar-refractivity contribution in [3.05, 3.63) is 58.4 Å². The fraction of sp³-hybridized carbons (Fsp3) is 0.0667. The van der Waals surface area contributed by atoms with Gasteiger partial charge in [-0.15, -0.1) is 0 Å². The highest BCUT2D eigenvalue weighted by atomic mass is 79.9. The van der Waals surface area contributed by atoms with E-state index in [4.69, 9.17) is 4.42 Å². The van der Waals surface area contributed by atoms with E-state index in [9.17, 15) is 4.79 Å². The van der Waals surface area contributed by atoms with Gasteiger partial charge in [0.15, 0.2) is 5.76 Å². The number of carbonyl (C=O) groups is 1. The number of benzene rings is 1. The number of aromatic nitrogens is 1. The summed E-state index contributed by atoms with van der Waals surface area (Å²) in [5.74, 6) is 0.458. The summed E-state index contributed by atoms with van der Waals surface area (Å²) in [5, 5.41) is 3.62. The van der Waals surface area contributed by atoms with Crippen LogP contribution in [0.15, 0.2) is 51.4 Å². The molecule has 0 fully saturated rings. The fourth-order valence-corrected chi connectivity index (χ4v) is 2.11. The van der Waals surface area contributed by atoms with E-state index in [1.54, 1.807) is 12.1 Å². The topological polar surface area (TPSA) is 55.1 Å². The number of rotatable bonds is 2. The molecule has 0 spiro atoms. The van der Waals surface area contributed by atoms with Crippen LogP contribution in [0.3, 0.4) is 0 Å². The quantitative estimate of drug-likeness (QED) is 0.767. The van der Waals surface area contributed by atoms with Crippen molar-refractivity contribution in [3.8, 4) is 0 Å². The lowest BCUT2D eigenvalue weighted by atomic mass is 10.2. The number of pyridine rings is 1. The van der Waals surface area contributed by atoms with Gasteiger partial charge in [0.25, 0.3) is 5.91 Å². The Morgan fingerprint density at radius 1 is 1.25 bits per heavy atom. The SMILES string of the molecule is Cc1nc(NC(=O)c2cc3ccccc3o2)ccc1Br. The highest BCUT2D eigenvalue weighted by Gasteiger charge is 2.13. The molecule has 1 N–H and O–H groups in total. The van der Waals surface area contributed by atoms with E-state index in [0.29, 0.717) is 11.4 Å². The Balaban J connectivity index is 1.86. The summed E-state index contributed by atoms with van der Waals surface area (Å²) in [6, 6.07) is 12.8. The van der Waals surface area contributed by atoms with Gasteiger partial charge in [0, 0.05) is 9.86 Å². The number of carbonyl (C=O) groups excluding carboxylic acids is 1. The van der Waals surface area contributed by atoms with Gasteiger partial charge >= 0.3 is 0 Å². The van der Waals surface area contributed by atoms with Crippen LogP contribution in [-0.4, -0.2) is 10.9 Å². The summed E-state index contributed by atoms with van der Waals surface area (Å²) in [4.78, 5) is 16.4. The van der Waals surface area contributed by atoms with Crippen molar-refractivity contribution in [2.24, 2.45) is 0 Å². The summed E-state index contributed by atoms with van der Waals surface area (Å²) in [5.41, 5.74) is 1.50. The van der Waals surface area contributed by atoms with Crippen LogP contribution < -0.4 is 5.32 Å². The molecule has 0 bridgehead atoms. The number of aryl methyl sites for hydroxylation is 1. The number of amides is 1. The van der Waals surface area contributed by atoms with Crippen LogP contribution in [0.5, 0.6) is 0 Å². The summed E-state index contributed by atoms with van der Waals surface area (Å²) in [7, 11) is 0. The van der Waals surface area contributed by atoms with E-state index in [0.717, 1.165) is 15.6 Å². The maximum atomic E-state index is 12.1. The number of furan rings is 1. The molecule has 2 aromatic heterocycles. The van der Waals surface area contributed by atoms with Gasteiger partial charge < -0.3 is 9.73 Å². The largest absolute Gasteiger partial charge is 0.451 e. The summed E-state index contributed by atoms with van der Waals surface area (Å²) in [6.45, 7) is 1.86. The molecular formula is C15H11BrN2O2. The van der Waals surface area contributed by atoms with Crippen LogP contribution in [0.4, 0.5) is 5.82 Å². The van der Waals surface area contributed by atoms with Crippen molar-refractivity contribution < 1.29 is 9.21 Å². The first-order valence-corrected chi connectivity index (χ1v) is 6.86. The number of nitrogens with zero attached hydrogens (tertiary/aromatic N) is 1. The molecule has 20 heavy (non-hydrogen) atoms. The van der Waals surface area contributed by atoms with Gasteiger partial charge in [0.1, 0.15) is 11.4 Å². The fourth-order valence-electron chi connectivity index (χ4n) is 1.89. The van der Waals surface area contributed by atoms with Gasteiger partial charge in [0.05, 0.1) is 5.69 Å². The van der Waals surface area contributed by atoms with E-state index in [2.05, 4.69) is 26.2 Å². The zero-order chi connectivity index (χ0) is 14.1. The number of halogens is 1. The van der Waals surface area contributed by atoms with Gasteiger partial charge in [-0.25, -0.2) is 4.98 Å². The molecule has 4 nitrogen and oxygen atoms in total. The predicted molar refractivity (Wildman–Crippen MR) is 80.8 cm³/mol. The molecule has 1 aromatic carbocycles. The van der Waals surface area contributed by atoms with Crippen molar-refractivity contribution in [2.45, 2.75) is 6.92 Å². The number of fused-ring (bicyclic) bond motifs is 1. The Morgan fingerprint density at radius 3 is 2.80 bits per heavy atom. The standard InChI is InChI=1S/C15H11BrN2O2/c1-9-11(16)6-7-14(17-9)18-15(19)13-8-10-4-2-3-5-12(10)20-13/h2-8H,1H3,(H,17,18,19). The van der Waals surface area contributed by atoms with Gasteiger partial charge in [0.2, 0.25) is 0 Å². The molecule has 0 aliphatic rings. The number of hydrogen-bond donors (Lipinski definition) is 1. The maximum Gasteiger partial charge on any atom is 0.292 e. The van der Waals surface area contributed by atoms with E-state index in [-0.39, 0.29) is 11.7 Å². The van der Waals surface area contributed by atoms with Crippen molar-refractivity contribution in [1.29, 1.82) is 0 Å². The molecule has 0 unspecified atom stereocenters. The Kier molecular flexibility index (Phi) is 3.28. The van der Waals surface area contributed by atoms with Crippen molar-refractivity contribution in [2.75, 3.05) is 5.32 Å². The zero-order valence-electron chi connectivity index (χ0n) is 10.7. The first-order valence-electron chi connectivity index (χ1n) is 6.06. The predicted octanol–water partition coefficient (Wildman–Crippen LogP) is 4.15. The zero-order valence-corrected chi connectivity index (χ0v) is 12.3. The third-order valence-corrected chi connectivity index (χ3v) is 3.75. The molecule has 1 amide bonds. The van der Waals surface area contributed by atoms with Crippen molar-refractivity contribution >= 4 is 38.6 Å². The minimum atomic E-state index is -0.310. The summed E-state index contributed by atoms with van der Waals surface area (Å²) in [6.07, 6.45) is 0. The summed E-state index contributed by atoms with van der Waals surface area (Å²) < 4.78 is 6.41. The van der Waals surface area contributed by atoms with E-state index >= 15 is 0 Å². The highest BCUT2D eigenvalue weighted by Crippen LogP contribution is 2.20. The number of para-hydroxylation sites is 1. The Bertz CT molecular complexity index is 762. The van der Waals surface area contributed by atoms with Crippen LogP contribution in [0, 0.1) is 6.92 Å². The smallest absolute Gasteiger partial charge is 0.292 e. The number of anilines is 1. The molecule has 5 heteroatoms. The first kappa shape index (κ1) is 12.9. The summed E-state index contributed by atoms with van der Waals surface area (Å²) >= 11 is 3.37. The van der Waals surface area contributed by atoms with E-state index in [1.807, 2.05) is 37.3 Å². The average Bonchev–Trinajstić information content (AvgIpc) is 2.87. The molecule has 3 rings (SSSR count). The molecule has 0 aliphatic carbocycles. The monoisotopic (exact) mass is 330 g/mol. The van der Waals surface area contributed by atoms with Crippen molar-refractivity contribution in [3.63, 3.8) is 0 Å². The highest BCUT2D eigenvalue weighted by molar-refractivity contribution is 9.10. The molecular weight excluding hydrogens is 320 g/mol. The second-order valence-electron chi connectivity index (χ2n) is 4.37. The van der Waals surface area contributed by atoms with Crippen LogP contribution >= 0.6 is 15.9 Å². The molecule has 0 saturated heterocycles. The van der Waals surface area contributed by atoms with Gasteiger partial charge in [-0.1, -0.05) is 18.2 Å². The van der Waals surface area contributed by atoms with E-state index in [1.165, 1.54) is 0 Å².